The average Bonchev–Trinajstić information content (AvgIpc) is 2.63. The second-order valence-electron chi connectivity index (χ2n) is 6.35. The molecule has 100 valence electrons. The molecular formula is C13H25NO3. The molecule has 17 heavy (non-hydrogen) atoms. The molecule has 1 saturated heterocycles. The van der Waals surface area contributed by atoms with Gasteiger partial charge in [-0.05, 0) is 31.2 Å². The maximum Gasteiger partial charge on any atom is 0.338 e. The maximum atomic E-state index is 11.4. The zero-order valence-corrected chi connectivity index (χ0v) is 11.6. The average molecular weight is 243 g/mol. The van der Waals surface area contributed by atoms with Gasteiger partial charge in [0, 0.05) is 13.1 Å². The second-order valence-corrected chi connectivity index (χ2v) is 6.35. The van der Waals surface area contributed by atoms with E-state index >= 15 is 0 Å². The van der Waals surface area contributed by atoms with E-state index in [9.17, 15) is 9.90 Å². The van der Waals surface area contributed by atoms with E-state index in [-0.39, 0.29) is 5.41 Å². The van der Waals surface area contributed by atoms with E-state index in [1.165, 1.54) is 14.0 Å². The van der Waals surface area contributed by atoms with Crippen molar-refractivity contribution in [1.29, 1.82) is 0 Å². The smallest absolute Gasteiger partial charge is 0.338 e. The Morgan fingerprint density at radius 1 is 1.41 bits per heavy atom. The highest BCUT2D eigenvalue weighted by Gasteiger charge is 2.38. The molecule has 1 aliphatic heterocycles. The predicted molar refractivity (Wildman–Crippen MR) is 66.6 cm³/mol. The summed E-state index contributed by atoms with van der Waals surface area (Å²) >= 11 is 0. The molecule has 0 aromatic carbocycles. The lowest BCUT2D eigenvalue weighted by Gasteiger charge is -2.29. The van der Waals surface area contributed by atoms with E-state index in [1.807, 2.05) is 0 Å². The lowest BCUT2D eigenvalue weighted by atomic mass is 9.80. The maximum absolute atomic E-state index is 11.4. The number of β-amino-alcohol motifs (C(OH)–C–C–N with tert-alkyl or cyclic N) is 1. The van der Waals surface area contributed by atoms with Gasteiger partial charge in [0.1, 0.15) is 0 Å². The van der Waals surface area contributed by atoms with Gasteiger partial charge in [-0.25, -0.2) is 4.79 Å². The molecule has 2 unspecified atom stereocenters. The normalized spacial score (nSPS) is 25.6. The van der Waals surface area contributed by atoms with Crippen molar-refractivity contribution in [2.75, 3.05) is 26.7 Å². The number of ether oxygens (including phenoxy) is 1. The fourth-order valence-corrected chi connectivity index (χ4v) is 2.40. The summed E-state index contributed by atoms with van der Waals surface area (Å²) in [5.74, 6) is 0.0626. The molecule has 0 aromatic rings. The minimum absolute atomic E-state index is 0.284. The van der Waals surface area contributed by atoms with Gasteiger partial charge >= 0.3 is 5.97 Å². The first kappa shape index (κ1) is 14.5. The van der Waals surface area contributed by atoms with Crippen molar-refractivity contribution >= 4 is 5.97 Å². The number of rotatable bonds is 3. The molecule has 0 aliphatic carbocycles. The molecule has 1 heterocycles. The van der Waals surface area contributed by atoms with Crippen molar-refractivity contribution in [3.8, 4) is 0 Å². The SMILES string of the molecule is COC(=O)C(C)(O)CN1CCC(C(C)(C)C)C1. The van der Waals surface area contributed by atoms with Crippen LogP contribution in [0.15, 0.2) is 0 Å². The number of hydrogen-bond acceptors (Lipinski definition) is 4. The van der Waals surface area contributed by atoms with Crippen LogP contribution in [-0.2, 0) is 9.53 Å². The van der Waals surface area contributed by atoms with Crippen LogP contribution in [0.25, 0.3) is 0 Å². The lowest BCUT2D eigenvalue weighted by Crippen LogP contribution is -2.47. The third kappa shape index (κ3) is 3.68. The van der Waals surface area contributed by atoms with Crippen LogP contribution in [0.4, 0.5) is 0 Å². The molecule has 0 radical (unpaired) electrons. The third-order valence-electron chi connectivity index (χ3n) is 3.65. The molecule has 1 N–H and O–H groups in total. The standard InChI is InChI=1S/C13H25NO3/c1-12(2,3)10-6-7-14(8-10)9-13(4,16)11(15)17-5/h10,16H,6-9H2,1-5H3. The van der Waals surface area contributed by atoms with Gasteiger partial charge in [-0.3, -0.25) is 4.90 Å². The largest absolute Gasteiger partial charge is 0.467 e. The Balaban J connectivity index is 2.53. The van der Waals surface area contributed by atoms with Gasteiger partial charge in [0.2, 0.25) is 0 Å². The zero-order valence-electron chi connectivity index (χ0n) is 11.6. The molecule has 1 fully saturated rings. The van der Waals surface area contributed by atoms with Gasteiger partial charge < -0.3 is 9.84 Å². The Labute approximate surface area is 104 Å². The Morgan fingerprint density at radius 3 is 2.41 bits per heavy atom. The van der Waals surface area contributed by atoms with Crippen LogP contribution in [0.3, 0.4) is 0 Å². The van der Waals surface area contributed by atoms with E-state index in [2.05, 4.69) is 30.4 Å². The first-order valence-corrected chi connectivity index (χ1v) is 6.20. The fourth-order valence-electron chi connectivity index (χ4n) is 2.40. The third-order valence-corrected chi connectivity index (χ3v) is 3.65. The van der Waals surface area contributed by atoms with Crippen LogP contribution >= 0.6 is 0 Å². The summed E-state index contributed by atoms with van der Waals surface area (Å²) in [5, 5.41) is 10.0. The highest BCUT2D eigenvalue weighted by Crippen LogP contribution is 2.34. The van der Waals surface area contributed by atoms with Crippen molar-refractivity contribution in [2.24, 2.45) is 11.3 Å². The van der Waals surface area contributed by atoms with Crippen LogP contribution in [0.1, 0.15) is 34.1 Å². The number of methoxy groups -OCH3 is 1. The summed E-state index contributed by atoms with van der Waals surface area (Å²) in [6, 6.07) is 0. The summed E-state index contributed by atoms with van der Waals surface area (Å²) in [6.45, 7) is 10.5. The molecular weight excluding hydrogens is 218 g/mol. The molecule has 1 rings (SSSR count). The molecule has 0 amide bonds. The van der Waals surface area contributed by atoms with E-state index in [0.29, 0.717) is 12.5 Å². The Hall–Kier alpha value is -0.610. The van der Waals surface area contributed by atoms with Crippen LogP contribution < -0.4 is 0 Å². The molecule has 0 aromatic heterocycles. The van der Waals surface area contributed by atoms with Crippen molar-refractivity contribution in [3.63, 3.8) is 0 Å². The Bertz CT molecular complexity index is 281. The number of likely N-dealkylation sites (tertiary alicyclic amines) is 1. The first-order valence-electron chi connectivity index (χ1n) is 6.20. The lowest BCUT2D eigenvalue weighted by molar-refractivity contribution is -0.162. The molecule has 2 atom stereocenters. The Morgan fingerprint density at radius 2 is 2.00 bits per heavy atom. The monoisotopic (exact) mass is 243 g/mol. The van der Waals surface area contributed by atoms with Crippen molar-refractivity contribution in [2.45, 2.75) is 39.7 Å². The van der Waals surface area contributed by atoms with Crippen molar-refractivity contribution in [1.82, 2.24) is 4.90 Å². The van der Waals surface area contributed by atoms with Gasteiger partial charge in [0.05, 0.1) is 7.11 Å². The number of hydrogen-bond donors (Lipinski definition) is 1. The predicted octanol–water partition coefficient (Wildman–Crippen LogP) is 1.28. The van der Waals surface area contributed by atoms with Gasteiger partial charge in [0.15, 0.2) is 5.60 Å². The van der Waals surface area contributed by atoms with E-state index in [4.69, 9.17) is 0 Å². The van der Waals surface area contributed by atoms with Gasteiger partial charge in [-0.15, -0.1) is 0 Å². The Kier molecular flexibility index (Phi) is 4.20. The molecule has 0 spiro atoms. The van der Waals surface area contributed by atoms with Gasteiger partial charge in [-0.2, -0.15) is 0 Å². The molecule has 4 heteroatoms. The number of carbonyl (C=O) groups excluding carboxylic acids is 1. The number of esters is 1. The van der Waals surface area contributed by atoms with Crippen LogP contribution in [-0.4, -0.2) is 48.3 Å². The van der Waals surface area contributed by atoms with Crippen LogP contribution in [0.5, 0.6) is 0 Å². The summed E-state index contributed by atoms with van der Waals surface area (Å²) in [7, 11) is 1.30. The topological polar surface area (TPSA) is 49.8 Å². The first-order chi connectivity index (χ1) is 7.66. The molecule has 1 aliphatic rings. The van der Waals surface area contributed by atoms with Crippen LogP contribution in [0.2, 0.25) is 0 Å². The zero-order chi connectivity index (χ0) is 13.3. The number of aliphatic hydroxyl groups is 1. The number of carbonyl (C=O) groups is 1. The van der Waals surface area contributed by atoms with Crippen LogP contribution in [0, 0.1) is 11.3 Å². The van der Waals surface area contributed by atoms with E-state index in [0.717, 1.165) is 19.5 Å². The van der Waals surface area contributed by atoms with E-state index < -0.39 is 11.6 Å². The molecule has 0 bridgehead atoms. The van der Waals surface area contributed by atoms with Gasteiger partial charge in [-0.1, -0.05) is 20.8 Å². The highest BCUT2D eigenvalue weighted by molar-refractivity contribution is 5.78. The minimum atomic E-state index is -1.40. The summed E-state index contributed by atoms with van der Waals surface area (Å²) in [5.41, 5.74) is -1.12. The van der Waals surface area contributed by atoms with Crippen molar-refractivity contribution in [3.05, 3.63) is 0 Å². The summed E-state index contributed by atoms with van der Waals surface area (Å²) in [6.07, 6.45) is 1.13. The molecule has 0 saturated carbocycles. The quantitative estimate of drug-likeness (QED) is 0.759. The summed E-state index contributed by atoms with van der Waals surface area (Å²) < 4.78 is 4.60. The highest BCUT2D eigenvalue weighted by atomic mass is 16.5. The van der Waals surface area contributed by atoms with Crippen molar-refractivity contribution < 1.29 is 14.6 Å². The fraction of sp³-hybridized carbons (Fsp3) is 0.923. The number of nitrogens with zero attached hydrogens (tertiary/aromatic N) is 1. The van der Waals surface area contributed by atoms with E-state index in [1.54, 1.807) is 0 Å². The minimum Gasteiger partial charge on any atom is -0.467 e. The summed E-state index contributed by atoms with van der Waals surface area (Å²) in [4.78, 5) is 13.5. The second kappa shape index (κ2) is 4.94. The molecule has 4 nitrogen and oxygen atoms in total. The van der Waals surface area contributed by atoms with Gasteiger partial charge in [0.25, 0.3) is 0 Å².